The molecular weight excluding hydrogens is 636 g/mol. The third-order valence-corrected chi connectivity index (χ3v) is 9.89. The number of para-hydroxylation sites is 1. The van der Waals surface area contributed by atoms with E-state index < -0.39 is 12.2 Å². The van der Waals surface area contributed by atoms with Crippen molar-refractivity contribution in [1.29, 1.82) is 0 Å². The van der Waals surface area contributed by atoms with Crippen LogP contribution in [-0.2, 0) is 40.4 Å². The van der Waals surface area contributed by atoms with Gasteiger partial charge >= 0.3 is 6.03 Å². The largest absolute Gasteiger partial charge is 0.508 e. The van der Waals surface area contributed by atoms with Crippen molar-refractivity contribution >= 4 is 28.7 Å². The molecule has 0 saturated carbocycles. The molecule has 3 saturated heterocycles. The first-order valence-corrected chi connectivity index (χ1v) is 17.4. The molecule has 2 N–H and O–H groups in total. The summed E-state index contributed by atoms with van der Waals surface area (Å²) in [6.45, 7) is 7.85. The summed E-state index contributed by atoms with van der Waals surface area (Å²) in [5.41, 5.74) is 3.67. The Morgan fingerprint density at radius 3 is 2.50 bits per heavy atom. The number of phenols is 1. The van der Waals surface area contributed by atoms with Crippen molar-refractivity contribution in [2.75, 3.05) is 52.5 Å². The number of morpholine rings is 1. The van der Waals surface area contributed by atoms with Crippen LogP contribution in [-0.4, -0.2) is 122 Å². The molecule has 0 unspecified atom stereocenters. The average molecular weight is 681 g/mol. The highest BCUT2D eigenvalue weighted by Gasteiger charge is 2.51. The van der Waals surface area contributed by atoms with Gasteiger partial charge in [0.15, 0.2) is 0 Å². The van der Waals surface area contributed by atoms with Crippen LogP contribution in [0.25, 0.3) is 10.9 Å². The van der Waals surface area contributed by atoms with E-state index in [0.717, 1.165) is 60.4 Å². The van der Waals surface area contributed by atoms with Crippen LogP contribution in [0.15, 0.2) is 79.0 Å². The van der Waals surface area contributed by atoms with Gasteiger partial charge in [-0.2, -0.15) is 5.10 Å². The zero-order valence-corrected chi connectivity index (χ0v) is 28.4. The summed E-state index contributed by atoms with van der Waals surface area (Å²) in [5.74, 6) is -0.270. The molecular formula is C37H44N8O5. The Hall–Kier alpha value is -4.98. The molecule has 13 heteroatoms. The van der Waals surface area contributed by atoms with Gasteiger partial charge < -0.3 is 25.0 Å². The van der Waals surface area contributed by atoms with E-state index in [9.17, 15) is 19.5 Å². The van der Waals surface area contributed by atoms with Crippen molar-refractivity contribution < 1.29 is 24.2 Å². The number of amides is 4. The van der Waals surface area contributed by atoms with Gasteiger partial charge in [0, 0.05) is 51.1 Å². The molecule has 0 radical (unpaired) electrons. The van der Waals surface area contributed by atoms with Crippen LogP contribution in [0.1, 0.15) is 23.6 Å². The number of rotatable bonds is 10. The second kappa shape index (κ2) is 14.9. The Morgan fingerprint density at radius 2 is 1.74 bits per heavy atom. The van der Waals surface area contributed by atoms with Crippen LogP contribution in [0.3, 0.4) is 0 Å². The third kappa shape index (κ3) is 7.02. The summed E-state index contributed by atoms with van der Waals surface area (Å²) in [7, 11) is 0. The van der Waals surface area contributed by atoms with E-state index in [0.29, 0.717) is 19.6 Å². The zero-order chi connectivity index (χ0) is 34.6. The van der Waals surface area contributed by atoms with Gasteiger partial charge in [-0.05, 0) is 28.8 Å². The minimum Gasteiger partial charge on any atom is -0.508 e. The molecule has 50 heavy (non-hydrogen) atoms. The lowest BCUT2D eigenvalue weighted by Gasteiger charge is -2.55. The number of likely N-dealkylation sites (N-methyl/N-ethyl adjacent to an activating group) is 1. The Morgan fingerprint density at radius 1 is 0.960 bits per heavy atom. The molecule has 7 rings (SSSR count). The number of hydrogen-bond donors (Lipinski definition) is 2. The van der Waals surface area contributed by atoms with Crippen molar-refractivity contribution in [3.05, 3.63) is 95.7 Å². The molecule has 13 nitrogen and oxygen atoms in total. The minimum atomic E-state index is -0.848. The molecule has 3 aromatic carbocycles. The predicted octanol–water partition coefficient (Wildman–Crippen LogP) is 2.64. The highest BCUT2D eigenvalue weighted by atomic mass is 16.5. The SMILES string of the molecule is CCN1CC(=O)N2[C@@H](Cc3ccc(O)cc3)C(=O)N(Cc3cccc4cnn(CCN5CCOCC5)c34)C[C@@H]2N1C(=O)NCc1ccccc1. The first kappa shape index (κ1) is 33.5. The monoisotopic (exact) mass is 680 g/mol. The number of aromatic nitrogens is 2. The summed E-state index contributed by atoms with van der Waals surface area (Å²) < 4.78 is 7.53. The standard InChI is InChI=1S/C37H44N8O5/c1-2-42-26-34(47)44-32(21-27-11-13-31(46)14-12-27)36(48)41(25-33(44)45(42)37(49)38-22-28-7-4-3-5-8-28)24-30-10-6-9-29-23-39-43(35(29)30)16-15-40-17-19-50-20-18-40/h3-14,23,32-33,46H,2,15-22,24-26H2,1H3,(H,38,49)/t32-,33-/m0/s1. The molecule has 262 valence electrons. The molecule has 3 aliphatic rings. The van der Waals surface area contributed by atoms with E-state index in [1.165, 1.54) is 0 Å². The number of carbonyl (C=O) groups is 3. The van der Waals surface area contributed by atoms with E-state index in [4.69, 9.17) is 9.84 Å². The first-order chi connectivity index (χ1) is 24.4. The first-order valence-electron chi connectivity index (χ1n) is 17.4. The highest BCUT2D eigenvalue weighted by molar-refractivity contribution is 5.92. The van der Waals surface area contributed by atoms with Gasteiger partial charge in [0.05, 0.1) is 44.6 Å². The number of phenolic OH excluding ortho intramolecular Hbond substituents is 1. The Kier molecular flexibility index (Phi) is 9.97. The van der Waals surface area contributed by atoms with Crippen molar-refractivity contribution in [3.8, 4) is 5.75 Å². The van der Waals surface area contributed by atoms with E-state index in [1.54, 1.807) is 44.1 Å². The lowest BCUT2D eigenvalue weighted by atomic mass is 9.98. The third-order valence-electron chi connectivity index (χ3n) is 9.89. The highest BCUT2D eigenvalue weighted by Crippen LogP contribution is 2.31. The average Bonchev–Trinajstić information content (AvgIpc) is 3.57. The van der Waals surface area contributed by atoms with Crippen LogP contribution < -0.4 is 5.32 Å². The van der Waals surface area contributed by atoms with E-state index in [-0.39, 0.29) is 49.7 Å². The maximum atomic E-state index is 14.5. The molecule has 4 heterocycles. The van der Waals surface area contributed by atoms with Gasteiger partial charge in [0.25, 0.3) is 0 Å². The molecule has 2 atom stereocenters. The maximum Gasteiger partial charge on any atom is 0.334 e. The van der Waals surface area contributed by atoms with Gasteiger partial charge in [-0.3, -0.25) is 19.2 Å². The topological polar surface area (TPSA) is 127 Å². The number of benzene rings is 3. The van der Waals surface area contributed by atoms with Crippen molar-refractivity contribution in [3.63, 3.8) is 0 Å². The van der Waals surface area contributed by atoms with Gasteiger partial charge in [0.2, 0.25) is 11.8 Å². The molecule has 4 amide bonds. The zero-order valence-electron chi connectivity index (χ0n) is 28.4. The molecule has 0 spiro atoms. The summed E-state index contributed by atoms with van der Waals surface area (Å²) in [6, 6.07) is 21.2. The summed E-state index contributed by atoms with van der Waals surface area (Å²) in [4.78, 5) is 48.2. The van der Waals surface area contributed by atoms with Crippen LogP contribution in [0.5, 0.6) is 5.75 Å². The number of hydrazine groups is 1. The minimum absolute atomic E-state index is 0.0211. The summed E-state index contributed by atoms with van der Waals surface area (Å²) >= 11 is 0. The second-order valence-corrected chi connectivity index (χ2v) is 13.0. The van der Waals surface area contributed by atoms with Crippen LogP contribution in [0.4, 0.5) is 4.79 Å². The number of piperazine rings is 1. The summed E-state index contributed by atoms with van der Waals surface area (Å²) in [6.07, 6.45) is 1.38. The molecule has 3 fully saturated rings. The summed E-state index contributed by atoms with van der Waals surface area (Å²) in [5, 5.41) is 22.1. The Bertz CT molecular complexity index is 1810. The molecule has 0 bridgehead atoms. The van der Waals surface area contributed by atoms with E-state index >= 15 is 0 Å². The lowest BCUT2D eigenvalue weighted by molar-refractivity contribution is -0.190. The van der Waals surface area contributed by atoms with Gasteiger partial charge in [-0.1, -0.05) is 67.6 Å². The number of carbonyl (C=O) groups excluding carboxylic acids is 3. The second-order valence-electron chi connectivity index (χ2n) is 13.0. The van der Waals surface area contributed by atoms with E-state index in [1.807, 2.05) is 66.3 Å². The van der Waals surface area contributed by atoms with Crippen molar-refractivity contribution in [2.45, 2.75) is 45.2 Å². The van der Waals surface area contributed by atoms with E-state index in [2.05, 4.69) is 10.2 Å². The van der Waals surface area contributed by atoms with Gasteiger partial charge in [-0.25, -0.2) is 14.8 Å². The molecule has 1 aromatic heterocycles. The van der Waals surface area contributed by atoms with Crippen LogP contribution in [0.2, 0.25) is 0 Å². The number of aromatic hydroxyl groups is 1. The number of hydrogen-bond acceptors (Lipinski definition) is 8. The Labute approximate surface area is 291 Å². The fourth-order valence-electron chi connectivity index (χ4n) is 7.30. The van der Waals surface area contributed by atoms with Gasteiger partial charge in [-0.15, -0.1) is 0 Å². The quantitative estimate of drug-likeness (QED) is 0.262. The van der Waals surface area contributed by atoms with Crippen molar-refractivity contribution in [2.24, 2.45) is 0 Å². The van der Waals surface area contributed by atoms with Gasteiger partial charge in [0.1, 0.15) is 18.0 Å². The normalized spacial score (nSPS) is 20.4. The molecule has 0 aliphatic carbocycles. The number of nitrogens with zero attached hydrogens (tertiary/aromatic N) is 7. The van der Waals surface area contributed by atoms with Crippen LogP contribution in [0, 0.1) is 0 Å². The predicted molar refractivity (Wildman–Crippen MR) is 186 cm³/mol. The number of urea groups is 1. The fraction of sp³-hybridized carbons (Fsp3) is 0.405. The maximum absolute atomic E-state index is 14.5. The van der Waals surface area contributed by atoms with Crippen molar-refractivity contribution in [1.82, 2.24) is 39.8 Å². The number of fused-ring (bicyclic) bond motifs is 2. The Balaban J connectivity index is 1.20. The number of ether oxygens (including phenoxy) is 1. The smallest absolute Gasteiger partial charge is 0.334 e. The lowest BCUT2D eigenvalue weighted by Crippen LogP contribution is -2.76. The molecule has 3 aliphatic heterocycles. The number of nitrogens with one attached hydrogen (secondary N) is 1. The fourth-order valence-corrected chi connectivity index (χ4v) is 7.30. The van der Waals surface area contributed by atoms with Crippen LogP contribution >= 0.6 is 0 Å². The molecule has 4 aromatic rings.